The summed E-state index contributed by atoms with van der Waals surface area (Å²) in [4.78, 5) is 0. The summed E-state index contributed by atoms with van der Waals surface area (Å²) in [7, 11) is 0. The standard InChI is InChI=1S/C42H32/c1-42(2)38-22-11-10-19-34(38)37-27-28(23-26-39(37)42)13-12-21-33-32-18-8-9-20-35(32)40(30-15-4-3-5-16-30)41-31-17-7-6-14-29(31)24-25-36(33)41/h3-12,14-27H,13H2,1-2H3/b21-12+. The first-order valence-corrected chi connectivity index (χ1v) is 14.9. The predicted molar refractivity (Wildman–Crippen MR) is 181 cm³/mol. The molecule has 1 aliphatic carbocycles. The number of fused-ring (bicyclic) bond motifs is 7. The highest BCUT2D eigenvalue weighted by Crippen LogP contribution is 2.49. The maximum Gasteiger partial charge on any atom is 0.0158 e. The zero-order chi connectivity index (χ0) is 28.3. The van der Waals surface area contributed by atoms with Gasteiger partial charge < -0.3 is 0 Å². The molecular weight excluding hydrogens is 504 g/mol. The minimum atomic E-state index is 0.0431. The van der Waals surface area contributed by atoms with Gasteiger partial charge in [-0.25, -0.2) is 0 Å². The lowest BCUT2D eigenvalue weighted by Gasteiger charge is -2.21. The molecule has 0 aliphatic heterocycles. The second-order valence-corrected chi connectivity index (χ2v) is 12.1. The monoisotopic (exact) mass is 536 g/mol. The predicted octanol–water partition coefficient (Wildman–Crippen LogP) is 11.4. The smallest absolute Gasteiger partial charge is 0.0158 e. The summed E-state index contributed by atoms with van der Waals surface area (Å²) in [6, 6.07) is 49.1. The highest BCUT2D eigenvalue weighted by Gasteiger charge is 2.34. The Balaban J connectivity index is 1.29. The second-order valence-electron chi connectivity index (χ2n) is 12.1. The van der Waals surface area contributed by atoms with E-state index in [9.17, 15) is 0 Å². The van der Waals surface area contributed by atoms with Crippen LogP contribution in [0.4, 0.5) is 0 Å². The van der Waals surface area contributed by atoms with Crippen LogP contribution >= 0.6 is 0 Å². The molecule has 0 fully saturated rings. The van der Waals surface area contributed by atoms with Gasteiger partial charge in [-0.05, 0) is 83.2 Å². The summed E-state index contributed by atoms with van der Waals surface area (Å²) in [5, 5.41) is 7.78. The Bertz CT molecular complexity index is 2180. The van der Waals surface area contributed by atoms with Crippen molar-refractivity contribution in [2.24, 2.45) is 0 Å². The van der Waals surface area contributed by atoms with Gasteiger partial charge >= 0.3 is 0 Å². The number of benzene rings is 7. The van der Waals surface area contributed by atoms with Crippen molar-refractivity contribution in [3.63, 3.8) is 0 Å². The average molecular weight is 537 g/mol. The van der Waals surface area contributed by atoms with Gasteiger partial charge in [0, 0.05) is 5.41 Å². The van der Waals surface area contributed by atoms with E-state index in [1.54, 1.807) is 0 Å². The van der Waals surface area contributed by atoms with E-state index in [-0.39, 0.29) is 5.41 Å². The number of hydrogen-bond donors (Lipinski definition) is 0. The molecule has 0 saturated carbocycles. The second kappa shape index (κ2) is 9.57. The Kier molecular flexibility index (Phi) is 5.66. The van der Waals surface area contributed by atoms with Crippen LogP contribution in [0.15, 0.2) is 140 Å². The van der Waals surface area contributed by atoms with E-state index in [4.69, 9.17) is 0 Å². The topological polar surface area (TPSA) is 0 Å². The number of allylic oxidation sites excluding steroid dienone is 1. The van der Waals surface area contributed by atoms with Gasteiger partial charge in [0.15, 0.2) is 0 Å². The molecule has 7 aromatic carbocycles. The van der Waals surface area contributed by atoms with Crippen LogP contribution in [0, 0.1) is 0 Å². The molecule has 0 N–H and O–H groups in total. The minimum Gasteiger partial charge on any atom is -0.0795 e. The maximum atomic E-state index is 2.41. The Morgan fingerprint density at radius 3 is 2.10 bits per heavy atom. The van der Waals surface area contributed by atoms with Crippen LogP contribution in [-0.4, -0.2) is 0 Å². The summed E-state index contributed by atoms with van der Waals surface area (Å²) in [6.45, 7) is 4.69. The van der Waals surface area contributed by atoms with E-state index in [0.717, 1.165) is 6.42 Å². The quantitative estimate of drug-likeness (QED) is 0.155. The summed E-state index contributed by atoms with van der Waals surface area (Å²) in [6.07, 6.45) is 5.60. The van der Waals surface area contributed by atoms with E-state index in [2.05, 4.69) is 159 Å². The SMILES string of the molecule is CC1(C)c2ccccc2-c2cc(C/C=C/c3c4ccccc4c(-c4ccccc4)c4c3ccc3ccccc34)ccc21. The molecular formula is C42H32. The van der Waals surface area contributed by atoms with Gasteiger partial charge in [-0.1, -0.05) is 159 Å². The van der Waals surface area contributed by atoms with Gasteiger partial charge in [0.1, 0.15) is 0 Å². The molecule has 0 heterocycles. The minimum absolute atomic E-state index is 0.0431. The largest absolute Gasteiger partial charge is 0.0795 e. The van der Waals surface area contributed by atoms with Crippen LogP contribution in [-0.2, 0) is 11.8 Å². The molecule has 0 spiro atoms. The molecule has 42 heavy (non-hydrogen) atoms. The zero-order valence-electron chi connectivity index (χ0n) is 24.1. The van der Waals surface area contributed by atoms with Gasteiger partial charge in [-0.2, -0.15) is 0 Å². The van der Waals surface area contributed by atoms with Crippen LogP contribution in [0.5, 0.6) is 0 Å². The Hall–Kier alpha value is -4.94. The highest BCUT2D eigenvalue weighted by molar-refractivity contribution is 6.25. The molecule has 0 aromatic heterocycles. The van der Waals surface area contributed by atoms with Crippen molar-refractivity contribution < 1.29 is 0 Å². The third-order valence-corrected chi connectivity index (χ3v) is 9.30. The summed E-state index contributed by atoms with van der Waals surface area (Å²) in [5.74, 6) is 0. The Morgan fingerprint density at radius 1 is 0.548 bits per heavy atom. The third kappa shape index (κ3) is 3.76. The molecule has 200 valence electrons. The molecule has 0 unspecified atom stereocenters. The van der Waals surface area contributed by atoms with Gasteiger partial charge in [-0.15, -0.1) is 0 Å². The molecule has 0 heteroatoms. The number of hydrogen-bond acceptors (Lipinski definition) is 0. The normalized spacial score (nSPS) is 13.7. The van der Waals surface area contributed by atoms with E-state index >= 15 is 0 Å². The first kappa shape index (κ1) is 24.8. The van der Waals surface area contributed by atoms with Gasteiger partial charge in [0.2, 0.25) is 0 Å². The van der Waals surface area contributed by atoms with E-state index < -0.39 is 0 Å². The van der Waals surface area contributed by atoms with Crippen LogP contribution < -0.4 is 0 Å². The first-order valence-electron chi connectivity index (χ1n) is 14.9. The van der Waals surface area contributed by atoms with E-state index in [1.807, 2.05) is 0 Å². The molecule has 0 amide bonds. The lowest BCUT2D eigenvalue weighted by Crippen LogP contribution is -2.14. The third-order valence-electron chi connectivity index (χ3n) is 9.30. The Labute approximate surface area is 247 Å². The van der Waals surface area contributed by atoms with Crippen molar-refractivity contribution in [1.29, 1.82) is 0 Å². The number of rotatable bonds is 4. The van der Waals surface area contributed by atoms with E-state index in [1.165, 1.54) is 76.8 Å². The molecule has 7 aromatic rings. The molecule has 8 rings (SSSR count). The molecule has 0 atom stereocenters. The van der Waals surface area contributed by atoms with E-state index in [0.29, 0.717) is 0 Å². The van der Waals surface area contributed by atoms with Crippen molar-refractivity contribution >= 4 is 38.4 Å². The van der Waals surface area contributed by atoms with Gasteiger partial charge in [-0.3, -0.25) is 0 Å². The molecule has 0 bridgehead atoms. The first-order chi connectivity index (χ1) is 20.6. The summed E-state index contributed by atoms with van der Waals surface area (Å²) < 4.78 is 0. The van der Waals surface area contributed by atoms with Crippen molar-refractivity contribution in [3.8, 4) is 22.3 Å². The average Bonchev–Trinajstić information content (AvgIpc) is 3.27. The van der Waals surface area contributed by atoms with Crippen LogP contribution in [0.25, 0.3) is 60.6 Å². The van der Waals surface area contributed by atoms with Crippen LogP contribution in [0.2, 0.25) is 0 Å². The highest BCUT2D eigenvalue weighted by atomic mass is 14.4. The van der Waals surface area contributed by atoms with Crippen molar-refractivity contribution in [2.45, 2.75) is 25.7 Å². The van der Waals surface area contributed by atoms with Gasteiger partial charge in [0.25, 0.3) is 0 Å². The molecule has 0 saturated heterocycles. The molecule has 0 radical (unpaired) electrons. The molecule has 1 aliphatic rings. The van der Waals surface area contributed by atoms with Crippen molar-refractivity contribution in [1.82, 2.24) is 0 Å². The summed E-state index contributed by atoms with van der Waals surface area (Å²) >= 11 is 0. The van der Waals surface area contributed by atoms with Crippen LogP contribution in [0.3, 0.4) is 0 Å². The summed E-state index contributed by atoms with van der Waals surface area (Å²) in [5.41, 5.74) is 10.9. The zero-order valence-corrected chi connectivity index (χ0v) is 24.1. The van der Waals surface area contributed by atoms with Crippen molar-refractivity contribution in [2.75, 3.05) is 0 Å². The molecule has 0 nitrogen and oxygen atoms in total. The van der Waals surface area contributed by atoms with Gasteiger partial charge in [0.05, 0.1) is 0 Å². The lowest BCUT2D eigenvalue weighted by molar-refractivity contribution is 0.660. The fourth-order valence-corrected chi connectivity index (χ4v) is 7.27. The maximum absolute atomic E-state index is 2.41. The fourth-order valence-electron chi connectivity index (χ4n) is 7.27. The lowest BCUT2D eigenvalue weighted by atomic mass is 9.82. The fraction of sp³-hybridized carbons (Fsp3) is 0.0952. The van der Waals surface area contributed by atoms with Crippen LogP contribution in [0.1, 0.15) is 36.1 Å². The van der Waals surface area contributed by atoms with Crippen molar-refractivity contribution in [3.05, 3.63) is 162 Å². The Morgan fingerprint density at radius 2 is 1.24 bits per heavy atom.